The molecule has 0 fully saturated rings. The molecule has 0 saturated heterocycles. The first-order valence-corrected chi connectivity index (χ1v) is 11.2. The fourth-order valence-corrected chi connectivity index (χ4v) is 3.98. The van der Waals surface area contributed by atoms with Gasteiger partial charge >= 0.3 is 6.03 Å². The third-order valence-corrected chi connectivity index (χ3v) is 6.12. The molecular weight excluding hydrogens is 436 g/mol. The van der Waals surface area contributed by atoms with Gasteiger partial charge in [0, 0.05) is 12.1 Å². The molecule has 3 rings (SSSR count). The second kappa shape index (κ2) is 9.98. The van der Waals surface area contributed by atoms with E-state index in [1.807, 2.05) is 24.3 Å². The third kappa shape index (κ3) is 5.26. The van der Waals surface area contributed by atoms with Crippen LogP contribution < -0.4 is 16.2 Å². The lowest BCUT2D eigenvalue weighted by molar-refractivity contribution is -0.117. The van der Waals surface area contributed by atoms with E-state index in [4.69, 9.17) is 11.6 Å². The molecule has 1 aromatic heterocycles. The van der Waals surface area contributed by atoms with Crippen LogP contribution in [0.1, 0.15) is 31.7 Å². The van der Waals surface area contributed by atoms with Crippen molar-refractivity contribution < 1.29 is 9.59 Å². The zero-order valence-corrected chi connectivity index (χ0v) is 19.0. The van der Waals surface area contributed by atoms with Crippen molar-refractivity contribution in [2.45, 2.75) is 31.3 Å². The maximum Gasteiger partial charge on any atom is 0.321 e. The highest BCUT2D eigenvalue weighted by Gasteiger charge is 2.16. The number of carbonyl (C=O) groups is 2. The van der Waals surface area contributed by atoms with E-state index in [2.05, 4.69) is 29.5 Å². The zero-order chi connectivity index (χ0) is 22.5. The summed E-state index contributed by atoms with van der Waals surface area (Å²) in [6.07, 6.45) is 1.01. The Labute approximate surface area is 189 Å². The molecule has 0 aliphatic carbocycles. The molecule has 2 N–H and O–H groups in total. The molecule has 0 aliphatic rings. The van der Waals surface area contributed by atoms with Gasteiger partial charge in [0.2, 0.25) is 5.91 Å². The number of hydrogen-bond donors (Lipinski definition) is 2. The molecule has 1 atom stereocenters. The van der Waals surface area contributed by atoms with Crippen LogP contribution in [-0.2, 0) is 4.79 Å². The molecular formula is C22H23ClN4O3S. The summed E-state index contributed by atoms with van der Waals surface area (Å²) in [4.78, 5) is 41.3. The van der Waals surface area contributed by atoms with Crippen LogP contribution in [0.2, 0.25) is 5.02 Å². The van der Waals surface area contributed by atoms with E-state index in [1.165, 1.54) is 17.2 Å². The lowest BCUT2D eigenvalue weighted by atomic mass is 9.98. The van der Waals surface area contributed by atoms with Crippen LogP contribution in [0.4, 0.5) is 4.79 Å². The number of halogens is 1. The molecule has 0 radical (unpaired) electrons. The molecule has 3 aromatic rings. The van der Waals surface area contributed by atoms with Gasteiger partial charge in [-0.3, -0.25) is 19.5 Å². The van der Waals surface area contributed by atoms with E-state index < -0.39 is 11.9 Å². The molecule has 3 amide bonds. The Morgan fingerprint density at radius 3 is 2.55 bits per heavy atom. The first-order valence-electron chi connectivity index (χ1n) is 9.81. The van der Waals surface area contributed by atoms with Crippen LogP contribution in [0.25, 0.3) is 16.6 Å². The highest BCUT2D eigenvalue weighted by molar-refractivity contribution is 7.99. The zero-order valence-electron chi connectivity index (χ0n) is 17.4. The Morgan fingerprint density at radius 1 is 1.19 bits per heavy atom. The Hall–Kier alpha value is -2.84. The van der Waals surface area contributed by atoms with Gasteiger partial charge in [-0.25, -0.2) is 9.78 Å². The van der Waals surface area contributed by atoms with Gasteiger partial charge in [0.25, 0.3) is 5.56 Å². The number of thioether (sulfide) groups is 1. The third-order valence-electron chi connectivity index (χ3n) is 4.95. The van der Waals surface area contributed by atoms with Gasteiger partial charge in [0.05, 0.1) is 22.3 Å². The molecule has 2 aromatic carbocycles. The van der Waals surface area contributed by atoms with Crippen molar-refractivity contribution >= 4 is 46.2 Å². The van der Waals surface area contributed by atoms with Crippen molar-refractivity contribution in [3.8, 4) is 5.69 Å². The van der Waals surface area contributed by atoms with Gasteiger partial charge in [0.1, 0.15) is 0 Å². The normalized spacial score (nSPS) is 11.9. The molecule has 162 valence electrons. The van der Waals surface area contributed by atoms with Crippen LogP contribution in [0.5, 0.6) is 0 Å². The summed E-state index contributed by atoms with van der Waals surface area (Å²) in [5.41, 5.74) is 2.01. The monoisotopic (exact) mass is 458 g/mol. The number of rotatable bonds is 6. The quantitative estimate of drug-likeness (QED) is 0.428. The second-order valence-corrected chi connectivity index (χ2v) is 8.39. The van der Waals surface area contributed by atoms with Crippen LogP contribution in [0.15, 0.2) is 52.4 Å². The van der Waals surface area contributed by atoms with Crippen LogP contribution in [0, 0.1) is 0 Å². The van der Waals surface area contributed by atoms with Gasteiger partial charge in [-0.05, 0) is 48.2 Å². The Balaban J connectivity index is 2.05. The molecule has 0 spiro atoms. The van der Waals surface area contributed by atoms with Crippen molar-refractivity contribution in [2.24, 2.45) is 0 Å². The first kappa shape index (κ1) is 22.8. The molecule has 9 heteroatoms. The predicted octanol–water partition coefficient (Wildman–Crippen LogP) is 4.10. The van der Waals surface area contributed by atoms with Crippen molar-refractivity contribution in [2.75, 3.05) is 12.8 Å². The van der Waals surface area contributed by atoms with Crippen molar-refractivity contribution in [1.82, 2.24) is 20.2 Å². The average molecular weight is 459 g/mol. The lowest BCUT2D eigenvalue weighted by Gasteiger charge is -2.15. The van der Waals surface area contributed by atoms with Gasteiger partial charge in [-0.15, -0.1) is 0 Å². The maximum absolute atomic E-state index is 13.3. The SMILES string of the molecule is CCC(C)c1ccc(-n2c(SCC(=O)NC(=O)NC)nc3cc(Cl)ccc3c2=O)cc1. The Morgan fingerprint density at radius 2 is 1.90 bits per heavy atom. The van der Waals surface area contributed by atoms with Crippen molar-refractivity contribution in [1.29, 1.82) is 0 Å². The minimum atomic E-state index is -0.595. The minimum absolute atomic E-state index is 0.0864. The number of urea groups is 1. The number of fused-ring (bicyclic) bond motifs is 1. The fraction of sp³-hybridized carbons (Fsp3) is 0.273. The van der Waals surface area contributed by atoms with E-state index in [0.717, 1.165) is 18.2 Å². The molecule has 0 aliphatic heterocycles. The van der Waals surface area contributed by atoms with Crippen LogP contribution in [-0.4, -0.2) is 34.3 Å². The fourth-order valence-electron chi connectivity index (χ4n) is 3.01. The summed E-state index contributed by atoms with van der Waals surface area (Å²) in [5, 5.41) is 5.75. The summed E-state index contributed by atoms with van der Waals surface area (Å²) < 4.78 is 1.48. The van der Waals surface area contributed by atoms with Crippen LogP contribution in [0.3, 0.4) is 0 Å². The van der Waals surface area contributed by atoms with E-state index >= 15 is 0 Å². The van der Waals surface area contributed by atoms with Gasteiger partial charge in [-0.2, -0.15) is 0 Å². The largest absolute Gasteiger partial charge is 0.341 e. The van der Waals surface area contributed by atoms with E-state index in [9.17, 15) is 14.4 Å². The number of nitrogens with zero attached hydrogens (tertiary/aromatic N) is 2. The van der Waals surface area contributed by atoms with Gasteiger partial charge < -0.3 is 5.32 Å². The maximum atomic E-state index is 13.3. The highest BCUT2D eigenvalue weighted by Crippen LogP contribution is 2.25. The van der Waals surface area contributed by atoms with Gasteiger partial charge in [-0.1, -0.05) is 49.3 Å². The van der Waals surface area contributed by atoms with E-state index in [1.54, 1.807) is 18.2 Å². The molecule has 1 heterocycles. The summed E-state index contributed by atoms with van der Waals surface area (Å²) >= 11 is 7.15. The Kier molecular flexibility index (Phi) is 7.35. The predicted molar refractivity (Wildman–Crippen MR) is 124 cm³/mol. The number of aromatic nitrogens is 2. The molecule has 7 nitrogen and oxygen atoms in total. The lowest BCUT2D eigenvalue weighted by Crippen LogP contribution is -2.38. The number of amides is 3. The Bertz CT molecular complexity index is 1180. The standard InChI is InChI=1S/C22H23ClN4O3S/c1-4-13(2)14-5-8-16(9-6-14)27-20(29)17-10-7-15(23)11-18(17)25-22(27)31-12-19(28)26-21(30)24-3/h5-11,13H,4,12H2,1-3H3,(H2,24,26,28,30). The van der Waals surface area contributed by atoms with E-state index in [0.29, 0.717) is 32.7 Å². The summed E-state index contributed by atoms with van der Waals surface area (Å²) in [6, 6.07) is 12.0. The molecule has 0 saturated carbocycles. The summed E-state index contributed by atoms with van der Waals surface area (Å²) in [5.74, 6) is -0.176. The van der Waals surface area contributed by atoms with Crippen molar-refractivity contribution in [3.63, 3.8) is 0 Å². The molecule has 31 heavy (non-hydrogen) atoms. The molecule has 1 unspecified atom stereocenters. The molecule has 0 bridgehead atoms. The number of imide groups is 1. The topological polar surface area (TPSA) is 93.1 Å². The van der Waals surface area contributed by atoms with Crippen LogP contribution >= 0.6 is 23.4 Å². The minimum Gasteiger partial charge on any atom is -0.341 e. The summed E-state index contributed by atoms with van der Waals surface area (Å²) in [6.45, 7) is 4.27. The van der Waals surface area contributed by atoms with E-state index in [-0.39, 0.29) is 11.3 Å². The number of carbonyl (C=O) groups excluding carboxylic acids is 2. The van der Waals surface area contributed by atoms with Crippen molar-refractivity contribution in [3.05, 3.63) is 63.4 Å². The second-order valence-electron chi connectivity index (χ2n) is 7.01. The highest BCUT2D eigenvalue weighted by atomic mass is 35.5. The number of nitrogens with one attached hydrogen (secondary N) is 2. The first-order chi connectivity index (χ1) is 14.8. The smallest absolute Gasteiger partial charge is 0.321 e. The van der Waals surface area contributed by atoms with Gasteiger partial charge in [0.15, 0.2) is 5.16 Å². The average Bonchev–Trinajstić information content (AvgIpc) is 2.77. The summed E-state index contributed by atoms with van der Waals surface area (Å²) in [7, 11) is 1.42. The number of benzene rings is 2. The number of hydrogen-bond acceptors (Lipinski definition) is 5.